The standard InChI is InChI=1S/C8H10ClNO/c1-5-3-10-4-7(6(2)11)8(5)9/h3-4,6,11H,1-2H3. The van der Waals surface area contributed by atoms with E-state index in [1.807, 2.05) is 6.92 Å². The second-order valence-corrected chi connectivity index (χ2v) is 2.91. The van der Waals surface area contributed by atoms with Crippen molar-refractivity contribution in [1.82, 2.24) is 4.98 Å². The van der Waals surface area contributed by atoms with Crippen molar-refractivity contribution in [3.05, 3.63) is 28.5 Å². The van der Waals surface area contributed by atoms with E-state index in [4.69, 9.17) is 11.6 Å². The molecule has 0 saturated heterocycles. The first-order valence-electron chi connectivity index (χ1n) is 3.41. The molecule has 0 aliphatic rings. The molecule has 1 atom stereocenters. The van der Waals surface area contributed by atoms with Crippen LogP contribution in [0.2, 0.25) is 5.02 Å². The molecule has 0 bridgehead atoms. The summed E-state index contributed by atoms with van der Waals surface area (Å²) in [6, 6.07) is 0. The highest BCUT2D eigenvalue weighted by atomic mass is 35.5. The lowest BCUT2D eigenvalue weighted by molar-refractivity contribution is 0.199. The molecule has 0 saturated carbocycles. The van der Waals surface area contributed by atoms with Gasteiger partial charge in [-0.05, 0) is 19.4 Å². The van der Waals surface area contributed by atoms with Gasteiger partial charge in [0.1, 0.15) is 0 Å². The molecule has 0 radical (unpaired) electrons. The van der Waals surface area contributed by atoms with Gasteiger partial charge in [0.2, 0.25) is 0 Å². The average molecular weight is 172 g/mol. The fraction of sp³-hybridized carbons (Fsp3) is 0.375. The van der Waals surface area contributed by atoms with Crippen LogP contribution in [-0.4, -0.2) is 10.1 Å². The summed E-state index contributed by atoms with van der Waals surface area (Å²) < 4.78 is 0. The van der Waals surface area contributed by atoms with Crippen molar-refractivity contribution in [2.75, 3.05) is 0 Å². The number of aliphatic hydroxyl groups excluding tert-OH is 1. The summed E-state index contributed by atoms with van der Waals surface area (Å²) in [5, 5.41) is 9.81. The van der Waals surface area contributed by atoms with Crippen LogP contribution in [0.3, 0.4) is 0 Å². The molecule has 0 aliphatic heterocycles. The smallest absolute Gasteiger partial charge is 0.0791 e. The maximum atomic E-state index is 9.20. The number of halogens is 1. The van der Waals surface area contributed by atoms with Gasteiger partial charge in [0, 0.05) is 18.0 Å². The van der Waals surface area contributed by atoms with Crippen LogP contribution >= 0.6 is 11.6 Å². The lowest BCUT2D eigenvalue weighted by Crippen LogP contribution is -1.94. The van der Waals surface area contributed by atoms with Crippen molar-refractivity contribution in [3.63, 3.8) is 0 Å². The predicted molar refractivity (Wildman–Crippen MR) is 44.6 cm³/mol. The first kappa shape index (κ1) is 8.50. The van der Waals surface area contributed by atoms with Gasteiger partial charge < -0.3 is 5.11 Å². The summed E-state index contributed by atoms with van der Waals surface area (Å²) in [5.74, 6) is 0. The Morgan fingerprint density at radius 3 is 2.64 bits per heavy atom. The zero-order valence-corrected chi connectivity index (χ0v) is 7.26. The van der Waals surface area contributed by atoms with Crippen LogP contribution in [0.15, 0.2) is 12.4 Å². The van der Waals surface area contributed by atoms with E-state index in [1.54, 1.807) is 19.3 Å². The third kappa shape index (κ3) is 1.70. The quantitative estimate of drug-likeness (QED) is 0.702. The highest BCUT2D eigenvalue weighted by Gasteiger charge is 2.07. The molecule has 1 N–H and O–H groups in total. The Morgan fingerprint density at radius 2 is 2.18 bits per heavy atom. The summed E-state index contributed by atoms with van der Waals surface area (Å²) in [7, 11) is 0. The summed E-state index contributed by atoms with van der Waals surface area (Å²) in [6.07, 6.45) is 2.71. The summed E-state index contributed by atoms with van der Waals surface area (Å²) in [5.41, 5.74) is 1.58. The van der Waals surface area contributed by atoms with E-state index in [0.717, 1.165) is 5.56 Å². The van der Waals surface area contributed by atoms with E-state index in [2.05, 4.69) is 4.98 Å². The fourth-order valence-corrected chi connectivity index (χ4v) is 1.12. The van der Waals surface area contributed by atoms with Gasteiger partial charge in [-0.1, -0.05) is 11.6 Å². The van der Waals surface area contributed by atoms with E-state index >= 15 is 0 Å². The second-order valence-electron chi connectivity index (χ2n) is 2.54. The monoisotopic (exact) mass is 171 g/mol. The van der Waals surface area contributed by atoms with E-state index in [0.29, 0.717) is 10.6 Å². The number of pyridine rings is 1. The molecule has 0 aromatic carbocycles. The van der Waals surface area contributed by atoms with Crippen LogP contribution in [0.25, 0.3) is 0 Å². The third-order valence-electron chi connectivity index (χ3n) is 1.53. The molecule has 1 rings (SSSR count). The Bertz CT molecular complexity index is 260. The molecule has 3 heteroatoms. The molecule has 11 heavy (non-hydrogen) atoms. The van der Waals surface area contributed by atoms with Crippen molar-refractivity contribution < 1.29 is 5.11 Å². The van der Waals surface area contributed by atoms with Crippen molar-refractivity contribution in [2.24, 2.45) is 0 Å². The van der Waals surface area contributed by atoms with Crippen LogP contribution in [0.1, 0.15) is 24.2 Å². The van der Waals surface area contributed by atoms with Crippen molar-refractivity contribution in [1.29, 1.82) is 0 Å². The number of rotatable bonds is 1. The molecule has 1 heterocycles. The maximum absolute atomic E-state index is 9.20. The third-order valence-corrected chi connectivity index (χ3v) is 2.05. The van der Waals surface area contributed by atoms with Gasteiger partial charge in [-0.3, -0.25) is 4.98 Å². The first-order chi connectivity index (χ1) is 5.13. The van der Waals surface area contributed by atoms with Crippen LogP contribution in [0.5, 0.6) is 0 Å². The molecule has 1 aromatic heterocycles. The summed E-state index contributed by atoms with van der Waals surface area (Å²) in [4.78, 5) is 3.92. The molecule has 0 fully saturated rings. The molecular weight excluding hydrogens is 162 g/mol. The van der Waals surface area contributed by atoms with Gasteiger partial charge in [0.15, 0.2) is 0 Å². The topological polar surface area (TPSA) is 33.1 Å². The largest absolute Gasteiger partial charge is 0.389 e. The lowest BCUT2D eigenvalue weighted by atomic mass is 10.1. The summed E-state index contributed by atoms with van der Waals surface area (Å²) in [6.45, 7) is 3.53. The Labute approximate surface area is 70.8 Å². The number of aryl methyl sites for hydroxylation is 1. The zero-order chi connectivity index (χ0) is 8.43. The van der Waals surface area contributed by atoms with Gasteiger partial charge in [-0.25, -0.2) is 0 Å². The molecule has 1 aromatic rings. The normalized spacial score (nSPS) is 13.1. The van der Waals surface area contributed by atoms with Gasteiger partial charge in [-0.15, -0.1) is 0 Å². The van der Waals surface area contributed by atoms with Crippen LogP contribution < -0.4 is 0 Å². The lowest BCUT2D eigenvalue weighted by Gasteiger charge is -2.07. The number of aromatic nitrogens is 1. The molecule has 0 spiro atoms. The van der Waals surface area contributed by atoms with Crippen LogP contribution in [0.4, 0.5) is 0 Å². The van der Waals surface area contributed by atoms with Crippen molar-refractivity contribution in [2.45, 2.75) is 20.0 Å². The van der Waals surface area contributed by atoms with Gasteiger partial charge in [-0.2, -0.15) is 0 Å². The Hall–Kier alpha value is -0.600. The highest BCUT2D eigenvalue weighted by Crippen LogP contribution is 2.24. The molecule has 0 amide bonds. The molecule has 2 nitrogen and oxygen atoms in total. The Kier molecular flexibility index (Phi) is 2.47. The fourth-order valence-electron chi connectivity index (χ4n) is 0.862. The van der Waals surface area contributed by atoms with Crippen LogP contribution in [-0.2, 0) is 0 Å². The number of hydrogen-bond donors (Lipinski definition) is 1. The SMILES string of the molecule is Cc1cncc(C(C)O)c1Cl. The van der Waals surface area contributed by atoms with E-state index < -0.39 is 6.10 Å². The Morgan fingerprint density at radius 1 is 1.55 bits per heavy atom. The number of hydrogen-bond acceptors (Lipinski definition) is 2. The Balaban J connectivity index is 3.17. The number of nitrogens with zero attached hydrogens (tertiary/aromatic N) is 1. The van der Waals surface area contributed by atoms with Gasteiger partial charge >= 0.3 is 0 Å². The minimum absolute atomic E-state index is 0.546. The zero-order valence-electron chi connectivity index (χ0n) is 6.50. The summed E-state index contributed by atoms with van der Waals surface area (Å²) >= 11 is 5.89. The van der Waals surface area contributed by atoms with E-state index in [9.17, 15) is 5.11 Å². The van der Waals surface area contributed by atoms with Crippen molar-refractivity contribution >= 4 is 11.6 Å². The molecule has 1 unspecified atom stereocenters. The average Bonchev–Trinajstić information content (AvgIpc) is 1.94. The van der Waals surface area contributed by atoms with E-state index in [-0.39, 0.29) is 0 Å². The highest BCUT2D eigenvalue weighted by molar-refractivity contribution is 6.32. The number of aliphatic hydroxyl groups is 1. The predicted octanol–water partition coefficient (Wildman–Crippen LogP) is 2.10. The van der Waals surface area contributed by atoms with Crippen molar-refractivity contribution in [3.8, 4) is 0 Å². The van der Waals surface area contributed by atoms with Gasteiger partial charge in [0.25, 0.3) is 0 Å². The second kappa shape index (κ2) is 3.20. The van der Waals surface area contributed by atoms with E-state index in [1.165, 1.54) is 0 Å². The molecular formula is C8H10ClNO. The van der Waals surface area contributed by atoms with Gasteiger partial charge in [0.05, 0.1) is 11.1 Å². The minimum Gasteiger partial charge on any atom is -0.389 e. The molecule has 0 aliphatic carbocycles. The minimum atomic E-state index is -0.546. The maximum Gasteiger partial charge on any atom is 0.0791 e. The molecule has 60 valence electrons. The van der Waals surface area contributed by atoms with Crippen LogP contribution in [0, 0.1) is 6.92 Å². The first-order valence-corrected chi connectivity index (χ1v) is 3.78.